The fourth-order valence-corrected chi connectivity index (χ4v) is 1.99. The molecular weight excluding hydrogens is 263 g/mol. The summed E-state index contributed by atoms with van der Waals surface area (Å²) in [6.07, 6.45) is -2.80. The predicted molar refractivity (Wildman–Crippen MR) is 65.3 cm³/mol. The third kappa shape index (κ3) is 2.92. The van der Waals surface area contributed by atoms with Crippen LogP contribution in [-0.2, 0) is 12.7 Å². The summed E-state index contributed by atoms with van der Waals surface area (Å²) in [4.78, 5) is 4.03. The van der Waals surface area contributed by atoms with E-state index in [-0.39, 0.29) is 5.69 Å². The lowest BCUT2D eigenvalue weighted by Crippen LogP contribution is -2.10. The van der Waals surface area contributed by atoms with E-state index in [0.29, 0.717) is 12.2 Å². The molecule has 0 amide bonds. The van der Waals surface area contributed by atoms with Crippen LogP contribution in [0.1, 0.15) is 10.6 Å². The summed E-state index contributed by atoms with van der Waals surface area (Å²) in [5.74, 6) is 0. The van der Waals surface area contributed by atoms with E-state index < -0.39 is 11.7 Å². The molecule has 0 aliphatic heterocycles. The van der Waals surface area contributed by atoms with E-state index >= 15 is 0 Å². The molecule has 2 aromatic rings. The maximum atomic E-state index is 12.6. The van der Waals surface area contributed by atoms with Gasteiger partial charge in [0, 0.05) is 23.0 Å². The zero-order valence-corrected chi connectivity index (χ0v) is 9.98. The fraction of sp³-hybridized carbons (Fsp3) is 0.182. The number of hydrogen-bond donors (Lipinski definition) is 2. The van der Waals surface area contributed by atoms with Gasteiger partial charge >= 0.3 is 6.18 Å². The maximum Gasteiger partial charge on any atom is 0.418 e. The molecule has 3 nitrogen and oxygen atoms in total. The van der Waals surface area contributed by atoms with E-state index in [0.717, 1.165) is 11.1 Å². The van der Waals surface area contributed by atoms with E-state index in [4.69, 9.17) is 5.73 Å². The first-order valence-corrected chi connectivity index (χ1v) is 5.94. The third-order valence-electron chi connectivity index (χ3n) is 2.29. The van der Waals surface area contributed by atoms with Crippen LogP contribution in [0.25, 0.3) is 0 Å². The maximum absolute atomic E-state index is 12.6. The Morgan fingerprint density at radius 1 is 1.33 bits per heavy atom. The van der Waals surface area contributed by atoms with Gasteiger partial charge in [0.1, 0.15) is 5.01 Å². The number of anilines is 2. The van der Waals surface area contributed by atoms with Crippen molar-refractivity contribution in [2.24, 2.45) is 0 Å². The lowest BCUT2D eigenvalue weighted by atomic mass is 10.1. The summed E-state index contributed by atoms with van der Waals surface area (Å²) in [7, 11) is 0. The number of nitrogens with zero attached hydrogens (tertiary/aromatic N) is 1. The number of aromatic nitrogens is 1. The molecule has 0 unspecified atom stereocenters. The Bertz CT molecular complexity index is 523. The first-order valence-electron chi connectivity index (χ1n) is 5.06. The van der Waals surface area contributed by atoms with Crippen molar-refractivity contribution < 1.29 is 13.2 Å². The van der Waals surface area contributed by atoms with Gasteiger partial charge in [-0.05, 0) is 18.2 Å². The summed E-state index contributed by atoms with van der Waals surface area (Å²) in [6.45, 7) is 0.388. The van der Waals surface area contributed by atoms with Gasteiger partial charge in [0.05, 0.1) is 12.1 Å². The standard InChI is InChI=1S/C11H10F3N3S/c12-11(13,14)8-5-7(1-2-9(8)15)17-6-10-16-3-4-18-10/h1-5,17H,6,15H2. The Morgan fingerprint density at radius 2 is 2.11 bits per heavy atom. The van der Waals surface area contributed by atoms with Gasteiger partial charge in [0.25, 0.3) is 0 Å². The number of thiazole rings is 1. The van der Waals surface area contributed by atoms with Gasteiger partial charge in [-0.2, -0.15) is 13.2 Å². The van der Waals surface area contributed by atoms with Gasteiger partial charge < -0.3 is 11.1 Å². The van der Waals surface area contributed by atoms with Crippen molar-refractivity contribution in [2.75, 3.05) is 11.1 Å². The number of nitrogens with one attached hydrogen (secondary N) is 1. The van der Waals surface area contributed by atoms with E-state index in [1.165, 1.54) is 23.5 Å². The number of alkyl halides is 3. The van der Waals surface area contributed by atoms with Gasteiger partial charge in [-0.3, -0.25) is 0 Å². The van der Waals surface area contributed by atoms with Crippen LogP contribution in [0.3, 0.4) is 0 Å². The molecule has 0 fully saturated rings. The molecule has 7 heteroatoms. The zero-order valence-electron chi connectivity index (χ0n) is 9.16. The molecular formula is C11H10F3N3S. The van der Waals surface area contributed by atoms with Crippen LogP contribution in [-0.4, -0.2) is 4.98 Å². The first kappa shape index (κ1) is 12.7. The number of hydrogen-bond acceptors (Lipinski definition) is 4. The quantitative estimate of drug-likeness (QED) is 0.843. The second-order valence-electron chi connectivity index (χ2n) is 3.58. The van der Waals surface area contributed by atoms with Crippen LogP contribution in [0.4, 0.5) is 24.5 Å². The lowest BCUT2D eigenvalue weighted by molar-refractivity contribution is -0.136. The predicted octanol–water partition coefficient (Wildman–Crippen LogP) is 3.36. The summed E-state index contributed by atoms with van der Waals surface area (Å²) >= 11 is 1.43. The molecule has 3 N–H and O–H groups in total. The van der Waals surface area contributed by atoms with Crippen LogP contribution >= 0.6 is 11.3 Å². The van der Waals surface area contributed by atoms with Crippen molar-refractivity contribution in [3.05, 3.63) is 40.3 Å². The molecule has 0 saturated carbocycles. The Kier molecular flexibility index (Phi) is 3.42. The van der Waals surface area contributed by atoms with E-state index in [2.05, 4.69) is 10.3 Å². The smallest absolute Gasteiger partial charge is 0.398 e. The van der Waals surface area contributed by atoms with Gasteiger partial charge in [0.15, 0.2) is 0 Å². The van der Waals surface area contributed by atoms with Crippen LogP contribution < -0.4 is 11.1 Å². The molecule has 0 bridgehead atoms. The number of halogens is 3. The van der Waals surface area contributed by atoms with E-state index in [9.17, 15) is 13.2 Å². The summed E-state index contributed by atoms with van der Waals surface area (Å²) in [5.41, 5.74) is 4.57. The van der Waals surface area contributed by atoms with Crippen LogP contribution in [0.2, 0.25) is 0 Å². The highest BCUT2D eigenvalue weighted by Gasteiger charge is 2.33. The molecule has 1 aromatic carbocycles. The molecule has 1 aromatic heterocycles. The molecule has 0 atom stereocenters. The number of nitrogens with two attached hydrogens (primary N) is 1. The highest BCUT2D eigenvalue weighted by atomic mass is 32.1. The molecule has 0 aliphatic rings. The number of benzene rings is 1. The molecule has 96 valence electrons. The third-order valence-corrected chi connectivity index (χ3v) is 3.07. The average Bonchev–Trinajstić information content (AvgIpc) is 2.79. The molecule has 18 heavy (non-hydrogen) atoms. The Hall–Kier alpha value is -1.76. The van der Waals surface area contributed by atoms with Crippen molar-refractivity contribution >= 4 is 22.7 Å². The van der Waals surface area contributed by atoms with Crippen LogP contribution in [0.5, 0.6) is 0 Å². The van der Waals surface area contributed by atoms with Gasteiger partial charge in [-0.25, -0.2) is 4.98 Å². The number of rotatable bonds is 3. The van der Waals surface area contributed by atoms with Crippen molar-refractivity contribution in [2.45, 2.75) is 12.7 Å². The van der Waals surface area contributed by atoms with E-state index in [1.54, 1.807) is 11.6 Å². The molecule has 0 spiro atoms. The van der Waals surface area contributed by atoms with Crippen molar-refractivity contribution in [1.82, 2.24) is 4.98 Å². The topological polar surface area (TPSA) is 50.9 Å². The molecule has 1 heterocycles. The molecule has 0 aliphatic carbocycles. The van der Waals surface area contributed by atoms with Gasteiger partial charge in [-0.15, -0.1) is 11.3 Å². The van der Waals surface area contributed by atoms with Crippen LogP contribution in [0, 0.1) is 0 Å². The Labute approximate surface area is 105 Å². The van der Waals surface area contributed by atoms with E-state index in [1.807, 2.05) is 0 Å². The Balaban J connectivity index is 2.15. The molecule has 2 rings (SSSR count). The zero-order chi connectivity index (χ0) is 13.2. The van der Waals surface area contributed by atoms with Crippen LogP contribution in [0.15, 0.2) is 29.8 Å². The minimum absolute atomic E-state index is 0.276. The second-order valence-corrected chi connectivity index (χ2v) is 4.56. The monoisotopic (exact) mass is 273 g/mol. The normalized spacial score (nSPS) is 11.5. The molecule has 0 saturated heterocycles. The fourth-order valence-electron chi connectivity index (χ4n) is 1.43. The van der Waals surface area contributed by atoms with Crippen molar-refractivity contribution in [3.8, 4) is 0 Å². The minimum atomic E-state index is -4.44. The first-order chi connectivity index (χ1) is 8.47. The SMILES string of the molecule is Nc1ccc(NCc2nccs2)cc1C(F)(F)F. The molecule has 0 radical (unpaired) electrons. The number of nitrogen functional groups attached to an aromatic ring is 1. The minimum Gasteiger partial charge on any atom is -0.398 e. The average molecular weight is 273 g/mol. The highest BCUT2D eigenvalue weighted by Crippen LogP contribution is 2.35. The highest BCUT2D eigenvalue weighted by molar-refractivity contribution is 7.09. The summed E-state index contributed by atoms with van der Waals surface area (Å²) in [5, 5.41) is 5.49. The Morgan fingerprint density at radius 3 is 2.72 bits per heavy atom. The largest absolute Gasteiger partial charge is 0.418 e. The van der Waals surface area contributed by atoms with Crippen molar-refractivity contribution in [1.29, 1.82) is 0 Å². The van der Waals surface area contributed by atoms with Crippen molar-refractivity contribution in [3.63, 3.8) is 0 Å². The lowest BCUT2D eigenvalue weighted by Gasteiger charge is -2.12. The second kappa shape index (κ2) is 4.85. The van der Waals surface area contributed by atoms with Gasteiger partial charge in [0.2, 0.25) is 0 Å². The van der Waals surface area contributed by atoms with Gasteiger partial charge in [-0.1, -0.05) is 0 Å². The summed E-state index contributed by atoms with van der Waals surface area (Å²) < 4.78 is 37.9. The summed E-state index contributed by atoms with van der Waals surface area (Å²) in [6, 6.07) is 3.76.